The minimum absolute atomic E-state index is 0.00187. The van der Waals surface area contributed by atoms with E-state index in [2.05, 4.69) is 10.2 Å². The number of rotatable bonds is 3. The molecular formula is C9H4ClF2N3O3. The van der Waals surface area contributed by atoms with Gasteiger partial charge >= 0.3 is 5.69 Å². The van der Waals surface area contributed by atoms with Crippen LogP contribution in [0.15, 0.2) is 16.5 Å². The van der Waals surface area contributed by atoms with Gasteiger partial charge in [-0.1, -0.05) is 0 Å². The van der Waals surface area contributed by atoms with Gasteiger partial charge in [0, 0.05) is 0 Å². The number of nitro groups is 1. The van der Waals surface area contributed by atoms with Crippen LogP contribution in [0.4, 0.5) is 14.5 Å². The van der Waals surface area contributed by atoms with Crippen molar-refractivity contribution < 1.29 is 18.1 Å². The summed E-state index contributed by atoms with van der Waals surface area (Å²) in [5, 5.41) is 17.4. The second-order valence-electron chi connectivity index (χ2n) is 3.18. The maximum Gasteiger partial charge on any atom is 0.308 e. The summed E-state index contributed by atoms with van der Waals surface area (Å²) in [4.78, 5) is 9.49. The molecule has 0 aliphatic heterocycles. The highest BCUT2D eigenvalue weighted by Crippen LogP contribution is 2.29. The quantitative estimate of drug-likeness (QED) is 0.488. The Morgan fingerprint density at radius 3 is 2.67 bits per heavy atom. The Bertz CT molecular complexity index is 617. The van der Waals surface area contributed by atoms with Gasteiger partial charge in [0.15, 0.2) is 0 Å². The van der Waals surface area contributed by atoms with Crippen LogP contribution in [0.25, 0.3) is 11.5 Å². The third-order valence-electron chi connectivity index (χ3n) is 2.03. The molecule has 0 unspecified atom stereocenters. The van der Waals surface area contributed by atoms with E-state index < -0.39 is 27.8 Å². The van der Waals surface area contributed by atoms with Crippen LogP contribution in [0.5, 0.6) is 0 Å². The summed E-state index contributed by atoms with van der Waals surface area (Å²) in [6, 6.07) is 1.20. The largest absolute Gasteiger partial charge is 0.419 e. The zero-order valence-electron chi connectivity index (χ0n) is 8.56. The van der Waals surface area contributed by atoms with E-state index in [9.17, 15) is 18.9 Å². The molecule has 2 aromatic rings. The maximum atomic E-state index is 13.7. The van der Waals surface area contributed by atoms with E-state index in [1.54, 1.807) is 0 Å². The fourth-order valence-corrected chi connectivity index (χ4v) is 1.39. The highest BCUT2D eigenvalue weighted by Gasteiger charge is 2.24. The fourth-order valence-electron chi connectivity index (χ4n) is 1.28. The summed E-state index contributed by atoms with van der Waals surface area (Å²) in [5.74, 6) is -2.70. The molecule has 0 radical (unpaired) electrons. The maximum absolute atomic E-state index is 13.7. The van der Waals surface area contributed by atoms with Crippen molar-refractivity contribution in [1.82, 2.24) is 10.2 Å². The summed E-state index contributed by atoms with van der Waals surface area (Å²) >= 11 is 5.41. The minimum Gasteiger partial charge on any atom is -0.419 e. The Hall–Kier alpha value is -2.09. The Morgan fingerprint density at radius 1 is 1.39 bits per heavy atom. The van der Waals surface area contributed by atoms with Crippen LogP contribution in [-0.2, 0) is 5.88 Å². The number of hydrogen-bond donors (Lipinski definition) is 0. The molecule has 1 aromatic carbocycles. The summed E-state index contributed by atoms with van der Waals surface area (Å²) < 4.78 is 31.8. The molecule has 94 valence electrons. The van der Waals surface area contributed by atoms with Gasteiger partial charge in [-0.3, -0.25) is 10.1 Å². The van der Waals surface area contributed by atoms with Crippen molar-refractivity contribution in [2.75, 3.05) is 0 Å². The Morgan fingerprint density at radius 2 is 2.11 bits per heavy atom. The monoisotopic (exact) mass is 275 g/mol. The zero-order chi connectivity index (χ0) is 13.3. The number of halogens is 3. The van der Waals surface area contributed by atoms with E-state index in [0.717, 1.165) is 6.07 Å². The summed E-state index contributed by atoms with van der Waals surface area (Å²) in [6.07, 6.45) is 0. The lowest BCUT2D eigenvalue weighted by atomic mass is 10.2. The topological polar surface area (TPSA) is 82.1 Å². The molecule has 0 spiro atoms. The van der Waals surface area contributed by atoms with Gasteiger partial charge in [-0.15, -0.1) is 21.8 Å². The highest BCUT2D eigenvalue weighted by atomic mass is 35.5. The molecule has 0 amide bonds. The van der Waals surface area contributed by atoms with Crippen molar-refractivity contribution in [1.29, 1.82) is 0 Å². The van der Waals surface area contributed by atoms with Crippen LogP contribution in [0.2, 0.25) is 0 Å². The normalized spacial score (nSPS) is 10.6. The molecular weight excluding hydrogens is 272 g/mol. The van der Waals surface area contributed by atoms with Crippen LogP contribution >= 0.6 is 11.6 Å². The molecule has 1 heterocycles. The van der Waals surface area contributed by atoms with E-state index >= 15 is 0 Å². The predicted molar refractivity (Wildman–Crippen MR) is 55.9 cm³/mol. The predicted octanol–water partition coefficient (Wildman–Crippen LogP) is 2.66. The second-order valence-corrected chi connectivity index (χ2v) is 3.45. The van der Waals surface area contributed by atoms with E-state index in [1.165, 1.54) is 0 Å². The van der Waals surface area contributed by atoms with Crippen LogP contribution in [0, 0.1) is 21.7 Å². The van der Waals surface area contributed by atoms with Gasteiger partial charge < -0.3 is 4.42 Å². The highest BCUT2D eigenvalue weighted by molar-refractivity contribution is 6.16. The van der Waals surface area contributed by atoms with Gasteiger partial charge in [0.05, 0.1) is 16.6 Å². The average molecular weight is 276 g/mol. The molecule has 0 aliphatic carbocycles. The average Bonchev–Trinajstić information content (AvgIpc) is 2.79. The first-order valence-electron chi connectivity index (χ1n) is 4.55. The molecule has 0 N–H and O–H groups in total. The van der Waals surface area contributed by atoms with Crippen molar-refractivity contribution in [2.45, 2.75) is 5.88 Å². The van der Waals surface area contributed by atoms with E-state index in [0.29, 0.717) is 6.07 Å². The smallest absolute Gasteiger partial charge is 0.308 e. The number of nitro benzene ring substituents is 1. The molecule has 1 aromatic heterocycles. The van der Waals surface area contributed by atoms with Gasteiger partial charge in [-0.05, 0) is 6.07 Å². The van der Waals surface area contributed by atoms with Gasteiger partial charge in [0.25, 0.3) is 5.89 Å². The standard InChI is InChI=1S/C9H4ClF2N3O3/c10-3-7-13-14-9(18-7)5-1-4(11)2-6(8(5)12)15(16)17/h1-2H,3H2. The molecule has 2 rings (SSSR count). The number of hydrogen-bond acceptors (Lipinski definition) is 5. The second kappa shape index (κ2) is 4.65. The lowest BCUT2D eigenvalue weighted by molar-refractivity contribution is -0.387. The third kappa shape index (κ3) is 2.14. The number of nitrogens with zero attached hydrogens (tertiary/aromatic N) is 3. The summed E-state index contributed by atoms with van der Waals surface area (Å²) in [7, 11) is 0. The Labute approximate surface area is 103 Å². The van der Waals surface area contributed by atoms with Crippen LogP contribution in [-0.4, -0.2) is 15.1 Å². The number of alkyl halides is 1. The van der Waals surface area contributed by atoms with E-state index in [-0.39, 0.29) is 17.7 Å². The van der Waals surface area contributed by atoms with Crippen molar-refractivity contribution in [3.05, 3.63) is 39.8 Å². The van der Waals surface area contributed by atoms with E-state index in [1.807, 2.05) is 0 Å². The molecule has 0 saturated carbocycles. The Balaban J connectivity index is 2.60. The number of aromatic nitrogens is 2. The summed E-state index contributed by atoms with van der Waals surface area (Å²) in [5.41, 5.74) is -1.49. The molecule has 9 heteroatoms. The molecule has 0 saturated heterocycles. The molecule has 0 atom stereocenters. The number of benzene rings is 1. The van der Waals surface area contributed by atoms with Crippen molar-refractivity contribution in [3.8, 4) is 11.5 Å². The van der Waals surface area contributed by atoms with Crippen LogP contribution in [0.1, 0.15) is 5.89 Å². The molecule has 0 fully saturated rings. The molecule has 0 aliphatic rings. The summed E-state index contributed by atoms with van der Waals surface area (Å²) in [6.45, 7) is 0. The van der Waals surface area contributed by atoms with Crippen molar-refractivity contribution >= 4 is 17.3 Å². The van der Waals surface area contributed by atoms with Crippen LogP contribution in [0.3, 0.4) is 0 Å². The molecule has 18 heavy (non-hydrogen) atoms. The first kappa shape index (κ1) is 12.4. The van der Waals surface area contributed by atoms with Gasteiger partial charge in [-0.25, -0.2) is 4.39 Å². The molecule has 6 nitrogen and oxygen atoms in total. The van der Waals surface area contributed by atoms with Crippen LogP contribution < -0.4 is 0 Å². The molecule has 0 bridgehead atoms. The first-order valence-corrected chi connectivity index (χ1v) is 5.08. The minimum atomic E-state index is -1.24. The van der Waals surface area contributed by atoms with Gasteiger partial charge in [0.1, 0.15) is 11.7 Å². The Kier molecular flexibility index (Phi) is 3.19. The fraction of sp³-hybridized carbons (Fsp3) is 0.111. The SMILES string of the molecule is O=[N+]([O-])c1cc(F)cc(-c2nnc(CCl)o2)c1F. The van der Waals surface area contributed by atoms with E-state index in [4.69, 9.17) is 16.0 Å². The zero-order valence-corrected chi connectivity index (χ0v) is 9.32. The van der Waals surface area contributed by atoms with Crippen molar-refractivity contribution in [3.63, 3.8) is 0 Å². The van der Waals surface area contributed by atoms with Gasteiger partial charge in [-0.2, -0.15) is 4.39 Å². The lowest BCUT2D eigenvalue weighted by Crippen LogP contribution is -1.97. The lowest BCUT2D eigenvalue weighted by Gasteiger charge is -1.99. The third-order valence-corrected chi connectivity index (χ3v) is 2.26. The van der Waals surface area contributed by atoms with Gasteiger partial charge in [0.2, 0.25) is 11.7 Å². The van der Waals surface area contributed by atoms with Crippen molar-refractivity contribution in [2.24, 2.45) is 0 Å². The first-order chi connectivity index (χ1) is 8.52.